The number of hydrogen-bond acceptors (Lipinski definition) is 3. The fourth-order valence-electron chi connectivity index (χ4n) is 2.35. The fraction of sp³-hybridized carbons (Fsp3) is 0.278. The number of sulfonamides is 1. The van der Waals surface area contributed by atoms with Crippen LogP contribution in [0.2, 0.25) is 0 Å². The maximum atomic E-state index is 13.3. The van der Waals surface area contributed by atoms with E-state index in [1.54, 1.807) is 12.1 Å². The summed E-state index contributed by atoms with van der Waals surface area (Å²) in [5.74, 6) is -0.0369. The van der Waals surface area contributed by atoms with E-state index in [1.807, 2.05) is 0 Å². The van der Waals surface area contributed by atoms with E-state index in [4.69, 9.17) is 0 Å². The molecule has 2 aromatic rings. The molecule has 0 bridgehead atoms. The Morgan fingerprint density at radius 2 is 1.84 bits per heavy atom. The molecule has 0 aliphatic heterocycles. The number of aryl methyl sites for hydroxylation is 1. The molecule has 0 saturated heterocycles. The van der Waals surface area contributed by atoms with Crippen LogP contribution in [0.3, 0.4) is 0 Å². The van der Waals surface area contributed by atoms with Gasteiger partial charge in [-0.05, 0) is 73.7 Å². The lowest BCUT2D eigenvalue weighted by Crippen LogP contribution is -2.25. The number of benzene rings is 2. The van der Waals surface area contributed by atoms with Crippen molar-refractivity contribution in [3.8, 4) is 0 Å². The van der Waals surface area contributed by atoms with E-state index in [-0.39, 0.29) is 16.4 Å². The Morgan fingerprint density at radius 1 is 1.16 bits per heavy atom. The minimum atomic E-state index is -3.82. The van der Waals surface area contributed by atoms with Gasteiger partial charge in [-0.3, -0.25) is 9.52 Å². The van der Waals surface area contributed by atoms with Crippen LogP contribution in [0.4, 0.5) is 10.1 Å². The largest absolute Gasteiger partial charge is 0.352 e. The van der Waals surface area contributed by atoms with Crippen molar-refractivity contribution in [1.29, 1.82) is 0 Å². The molecule has 3 rings (SSSR count). The molecule has 1 aliphatic rings. The zero-order valence-corrected chi connectivity index (χ0v) is 14.6. The summed E-state index contributed by atoms with van der Waals surface area (Å²) in [5, 5.41) is 2.85. The molecule has 2 aromatic carbocycles. The Bertz CT molecular complexity index is 891. The third-order valence-corrected chi connectivity index (χ3v) is 5.47. The molecular formula is C18H19FN2O3S. The lowest BCUT2D eigenvalue weighted by atomic mass is 10.2. The molecule has 2 N–H and O–H groups in total. The van der Waals surface area contributed by atoms with E-state index >= 15 is 0 Å². The van der Waals surface area contributed by atoms with Crippen LogP contribution in [-0.4, -0.2) is 20.9 Å². The first-order valence-corrected chi connectivity index (χ1v) is 9.51. The minimum absolute atomic E-state index is 0.0161. The van der Waals surface area contributed by atoms with Crippen LogP contribution in [0, 0.1) is 18.7 Å². The van der Waals surface area contributed by atoms with Crippen LogP contribution >= 0.6 is 0 Å². The van der Waals surface area contributed by atoms with Crippen LogP contribution < -0.4 is 10.0 Å². The lowest BCUT2D eigenvalue weighted by molar-refractivity contribution is 0.0952. The molecule has 132 valence electrons. The van der Waals surface area contributed by atoms with Gasteiger partial charge >= 0.3 is 0 Å². The van der Waals surface area contributed by atoms with E-state index in [2.05, 4.69) is 10.0 Å². The van der Waals surface area contributed by atoms with E-state index in [0.717, 1.165) is 18.9 Å². The van der Waals surface area contributed by atoms with Gasteiger partial charge in [0.05, 0.1) is 4.90 Å². The predicted octanol–water partition coefficient (Wildman–Crippen LogP) is 3.07. The van der Waals surface area contributed by atoms with Crippen molar-refractivity contribution in [1.82, 2.24) is 5.32 Å². The number of carbonyl (C=O) groups excluding carboxylic acids is 1. The maximum absolute atomic E-state index is 13.3. The van der Waals surface area contributed by atoms with Crippen LogP contribution in [0.1, 0.15) is 28.8 Å². The van der Waals surface area contributed by atoms with Crippen LogP contribution in [0.15, 0.2) is 47.4 Å². The Labute approximate surface area is 146 Å². The molecule has 1 fully saturated rings. The van der Waals surface area contributed by atoms with Gasteiger partial charge in [0.25, 0.3) is 15.9 Å². The van der Waals surface area contributed by atoms with Gasteiger partial charge in [0.2, 0.25) is 0 Å². The van der Waals surface area contributed by atoms with Crippen molar-refractivity contribution in [3.63, 3.8) is 0 Å². The average molecular weight is 362 g/mol. The summed E-state index contributed by atoms with van der Waals surface area (Å²) in [5.41, 5.74) is 1.06. The second kappa shape index (κ2) is 6.84. The molecule has 25 heavy (non-hydrogen) atoms. The van der Waals surface area contributed by atoms with Gasteiger partial charge in [-0.1, -0.05) is 0 Å². The summed E-state index contributed by atoms with van der Waals surface area (Å²) >= 11 is 0. The monoisotopic (exact) mass is 362 g/mol. The van der Waals surface area contributed by atoms with Crippen molar-refractivity contribution in [2.45, 2.75) is 24.7 Å². The first-order chi connectivity index (χ1) is 11.8. The van der Waals surface area contributed by atoms with Gasteiger partial charge in [-0.25, -0.2) is 12.8 Å². The summed E-state index contributed by atoms with van der Waals surface area (Å²) in [6, 6.07) is 9.80. The smallest absolute Gasteiger partial charge is 0.261 e. The summed E-state index contributed by atoms with van der Waals surface area (Å²) in [6.45, 7) is 2.18. The maximum Gasteiger partial charge on any atom is 0.261 e. The number of anilines is 1. The third kappa shape index (κ3) is 4.36. The zero-order valence-electron chi connectivity index (χ0n) is 13.8. The predicted molar refractivity (Wildman–Crippen MR) is 93.4 cm³/mol. The van der Waals surface area contributed by atoms with Gasteiger partial charge in [0.1, 0.15) is 5.82 Å². The van der Waals surface area contributed by atoms with Gasteiger partial charge in [0, 0.05) is 17.8 Å². The molecule has 5 nitrogen and oxygen atoms in total. The summed E-state index contributed by atoms with van der Waals surface area (Å²) < 4.78 is 40.4. The number of carbonyl (C=O) groups is 1. The number of amides is 1. The molecular weight excluding hydrogens is 343 g/mol. The van der Waals surface area contributed by atoms with Crippen LogP contribution in [0.5, 0.6) is 0 Å². The molecule has 0 spiro atoms. The summed E-state index contributed by atoms with van der Waals surface area (Å²) in [4.78, 5) is 12.0. The molecule has 0 unspecified atom stereocenters. The quantitative estimate of drug-likeness (QED) is 0.829. The first kappa shape index (κ1) is 17.4. The normalized spacial score (nSPS) is 14.2. The van der Waals surface area contributed by atoms with Crippen LogP contribution in [0.25, 0.3) is 0 Å². The highest BCUT2D eigenvalue weighted by molar-refractivity contribution is 7.92. The van der Waals surface area contributed by atoms with Gasteiger partial charge in [0.15, 0.2) is 0 Å². The molecule has 1 aliphatic carbocycles. The SMILES string of the molecule is Cc1cc(S(=O)(=O)Nc2ccc(C(=O)NCC3CC3)cc2)ccc1F. The number of nitrogens with one attached hydrogen (secondary N) is 2. The first-order valence-electron chi connectivity index (χ1n) is 8.02. The van der Waals surface area contributed by atoms with Crippen molar-refractivity contribution >= 4 is 21.6 Å². The van der Waals surface area contributed by atoms with Gasteiger partial charge in [-0.15, -0.1) is 0 Å². The minimum Gasteiger partial charge on any atom is -0.352 e. The van der Waals surface area contributed by atoms with Crippen molar-refractivity contribution in [2.75, 3.05) is 11.3 Å². The van der Waals surface area contributed by atoms with E-state index in [1.165, 1.54) is 31.2 Å². The molecule has 1 saturated carbocycles. The molecule has 1 amide bonds. The Kier molecular flexibility index (Phi) is 4.76. The standard InChI is InChI=1S/C18H19FN2O3S/c1-12-10-16(8-9-17(12)19)25(23,24)21-15-6-4-14(5-7-15)18(22)20-11-13-2-3-13/h4-10,13,21H,2-3,11H2,1H3,(H,20,22). The fourth-order valence-corrected chi connectivity index (χ4v) is 3.49. The zero-order chi connectivity index (χ0) is 18.0. The second-order valence-electron chi connectivity index (χ2n) is 6.25. The average Bonchev–Trinajstić information content (AvgIpc) is 3.40. The number of rotatable bonds is 6. The van der Waals surface area contributed by atoms with E-state index in [9.17, 15) is 17.6 Å². The molecule has 0 radical (unpaired) electrons. The van der Waals surface area contributed by atoms with Crippen LogP contribution in [-0.2, 0) is 10.0 Å². The van der Waals surface area contributed by atoms with Gasteiger partial charge < -0.3 is 5.32 Å². The topological polar surface area (TPSA) is 75.3 Å². The number of hydrogen-bond donors (Lipinski definition) is 2. The summed E-state index contributed by atoms with van der Waals surface area (Å²) in [6.07, 6.45) is 2.31. The second-order valence-corrected chi connectivity index (χ2v) is 7.93. The molecule has 0 atom stereocenters. The van der Waals surface area contributed by atoms with Crippen molar-refractivity contribution in [3.05, 3.63) is 59.4 Å². The highest BCUT2D eigenvalue weighted by Gasteiger charge is 2.22. The Morgan fingerprint density at radius 3 is 2.44 bits per heavy atom. The highest BCUT2D eigenvalue weighted by atomic mass is 32.2. The molecule has 0 heterocycles. The Hall–Kier alpha value is -2.41. The lowest BCUT2D eigenvalue weighted by Gasteiger charge is -2.10. The van der Waals surface area contributed by atoms with E-state index < -0.39 is 15.8 Å². The van der Waals surface area contributed by atoms with Crippen molar-refractivity contribution in [2.24, 2.45) is 5.92 Å². The molecule has 7 heteroatoms. The molecule has 0 aromatic heterocycles. The van der Waals surface area contributed by atoms with E-state index in [0.29, 0.717) is 23.7 Å². The third-order valence-electron chi connectivity index (χ3n) is 4.09. The van der Waals surface area contributed by atoms with Gasteiger partial charge in [-0.2, -0.15) is 0 Å². The number of halogens is 1. The Balaban J connectivity index is 1.69. The highest BCUT2D eigenvalue weighted by Crippen LogP contribution is 2.27. The summed E-state index contributed by atoms with van der Waals surface area (Å²) in [7, 11) is -3.82. The van der Waals surface area contributed by atoms with Crippen molar-refractivity contribution < 1.29 is 17.6 Å².